The van der Waals surface area contributed by atoms with Crippen molar-refractivity contribution in [2.24, 2.45) is 5.73 Å². The molecule has 1 saturated carbocycles. The third-order valence-corrected chi connectivity index (χ3v) is 5.03. The third kappa shape index (κ3) is 4.86. The normalized spacial score (nSPS) is 24.3. The van der Waals surface area contributed by atoms with Crippen LogP contribution in [-0.2, 0) is 11.3 Å². The summed E-state index contributed by atoms with van der Waals surface area (Å²) < 4.78 is 19.3. The second-order valence-electron chi connectivity index (χ2n) is 7.11. The molecule has 0 radical (unpaired) electrons. The number of carbonyl (C=O) groups is 1. The lowest BCUT2D eigenvalue weighted by atomic mass is 10.1. The minimum absolute atomic E-state index is 0.128. The van der Waals surface area contributed by atoms with E-state index in [-0.39, 0.29) is 24.5 Å². The van der Waals surface area contributed by atoms with Gasteiger partial charge in [-0.05, 0) is 24.7 Å². The first kappa shape index (κ1) is 20.3. The largest absolute Gasteiger partial charge is 0.487 e. The smallest absolute Gasteiger partial charge is 0.234 e. The highest BCUT2D eigenvalue weighted by atomic mass is 19.1. The van der Waals surface area contributed by atoms with Crippen molar-refractivity contribution in [2.45, 2.75) is 37.3 Å². The number of hydrogen-bond donors (Lipinski definition) is 3. The summed E-state index contributed by atoms with van der Waals surface area (Å²) in [6.45, 7) is 0.474. The van der Waals surface area contributed by atoms with Gasteiger partial charge in [0, 0.05) is 19.0 Å². The molecular weight excluding hydrogens is 361 g/mol. The molecule has 3 rings (SSSR count). The maximum atomic E-state index is 13.5. The number of hydrogen-bond acceptors (Lipinski definition) is 5. The molecule has 1 aliphatic rings. The van der Waals surface area contributed by atoms with Crippen molar-refractivity contribution in [2.75, 3.05) is 13.6 Å². The number of benzene rings is 2. The van der Waals surface area contributed by atoms with Crippen LogP contribution in [0.5, 0.6) is 5.75 Å². The minimum Gasteiger partial charge on any atom is -0.487 e. The number of halogens is 1. The zero-order chi connectivity index (χ0) is 20.1. The van der Waals surface area contributed by atoms with Crippen molar-refractivity contribution >= 4 is 5.91 Å². The quantitative estimate of drug-likeness (QED) is 0.666. The van der Waals surface area contributed by atoms with E-state index in [1.54, 1.807) is 12.1 Å². The Morgan fingerprint density at radius 2 is 2.04 bits per heavy atom. The Hall–Kier alpha value is -2.48. The average Bonchev–Trinajstić information content (AvgIpc) is 2.97. The minimum atomic E-state index is -0.861. The van der Waals surface area contributed by atoms with E-state index in [1.807, 2.05) is 42.3 Å². The van der Waals surface area contributed by atoms with Crippen LogP contribution in [0, 0.1) is 5.82 Å². The number of likely N-dealkylation sites (N-methyl/N-ethyl adjacent to an activating group) is 1. The van der Waals surface area contributed by atoms with E-state index < -0.39 is 18.0 Å². The topological polar surface area (TPSA) is 87.8 Å². The van der Waals surface area contributed by atoms with Crippen LogP contribution in [0.2, 0.25) is 0 Å². The van der Waals surface area contributed by atoms with Crippen LogP contribution in [0.25, 0.3) is 0 Å². The maximum absolute atomic E-state index is 13.5. The zero-order valence-corrected chi connectivity index (χ0v) is 15.8. The molecule has 7 heteroatoms. The van der Waals surface area contributed by atoms with Gasteiger partial charge >= 0.3 is 0 Å². The van der Waals surface area contributed by atoms with Crippen LogP contribution in [0.15, 0.2) is 54.6 Å². The van der Waals surface area contributed by atoms with Crippen molar-refractivity contribution < 1.29 is 19.0 Å². The summed E-state index contributed by atoms with van der Waals surface area (Å²) in [5.41, 5.74) is 6.54. The summed E-state index contributed by atoms with van der Waals surface area (Å²) in [7, 11) is 1.90. The van der Waals surface area contributed by atoms with E-state index in [4.69, 9.17) is 10.5 Å². The first-order valence-electron chi connectivity index (χ1n) is 9.32. The van der Waals surface area contributed by atoms with Crippen LogP contribution in [0.4, 0.5) is 4.39 Å². The van der Waals surface area contributed by atoms with Gasteiger partial charge in [0.05, 0.1) is 18.6 Å². The van der Waals surface area contributed by atoms with Crippen LogP contribution in [0.1, 0.15) is 12.0 Å². The molecule has 0 aromatic heterocycles. The lowest BCUT2D eigenvalue weighted by Crippen LogP contribution is -2.52. The Morgan fingerprint density at radius 3 is 2.71 bits per heavy atom. The zero-order valence-electron chi connectivity index (χ0n) is 15.8. The molecule has 1 fully saturated rings. The SMILES string of the molecule is CN(Cc1ccccc1)[C@@H]1[C@@H](O)[C@H](Oc2cccc(F)c2)C[C@H]1NC(=O)CN. The maximum Gasteiger partial charge on any atom is 0.234 e. The van der Waals surface area contributed by atoms with Gasteiger partial charge in [-0.15, -0.1) is 0 Å². The molecule has 4 N–H and O–H groups in total. The fourth-order valence-electron chi connectivity index (χ4n) is 3.77. The van der Waals surface area contributed by atoms with Gasteiger partial charge in [0.2, 0.25) is 5.91 Å². The molecule has 4 atom stereocenters. The molecule has 0 spiro atoms. The molecule has 1 amide bonds. The molecular formula is C21H26FN3O3. The predicted molar refractivity (Wildman–Crippen MR) is 104 cm³/mol. The molecule has 1 aliphatic carbocycles. The highest BCUT2D eigenvalue weighted by molar-refractivity contribution is 5.78. The van der Waals surface area contributed by atoms with E-state index in [0.717, 1.165) is 5.56 Å². The Labute approximate surface area is 164 Å². The van der Waals surface area contributed by atoms with Crippen molar-refractivity contribution in [3.8, 4) is 5.75 Å². The van der Waals surface area contributed by atoms with Gasteiger partial charge in [0.25, 0.3) is 0 Å². The van der Waals surface area contributed by atoms with Gasteiger partial charge in [0.15, 0.2) is 0 Å². The Morgan fingerprint density at radius 1 is 1.29 bits per heavy atom. The van der Waals surface area contributed by atoms with Crippen molar-refractivity contribution in [3.05, 3.63) is 66.0 Å². The average molecular weight is 387 g/mol. The van der Waals surface area contributed by atoms with E-state index in [2.05, 4.69) is 5.32 Å². The van der Waals surface area contributed by atoms with E-state index in [0.29, 0.717) is 18.7 Å². The fourth-order valence-corrected chi connectivity index (χ4v) is 3.77. The van der Waals surface area contributed by atoms with Gasteiger partial charge in [0.1, 0.15) is 23.8 Å². The van der Waals surface area contributed by atoms with Crippen molar-refractivity contribution in [1.82, 2.24) is 10.2 Å². The molecule has 150 valence electrons. The number of nitrogens with one attached hydrogen (secondary N) is 1. The Balaban J connectivity index is 1.76. The lowest BCUT2D eigenvalue weighted by Gasteiger charge is -2.32. The van der Waals surface area contributed by atoms with Gasteiger partial charge in [-0.2, -0.15) is 0 Å². The van der Waals surface area contributed by atoms with Crippen LogP contribution >= 0.6 is 0 Å². The number of aliphatic hydroxyl groups is 1. The Kier molecular flexibility index (Phi) is 6.61. The molecule has 2 aromatic rings. The fraction of sp³-hybridized carbons (Fsp3) is 0.381. The van der Waals surface area contributed by atoms with E-state index in [9.17, 15) is 14.3 Å². The van der Waals surface area contributed by atoms with Crippen LogP contribution in [-0.4, -0.2) is 53.8 Å². The summed E-state index contributed by atoms with van der Waals surface area (Å²) in [6.07, 6.45) is -1.04. The van der Waals surface area contributed by atoms with E-state index >= 15 is 0 Å². The van der Waals surface area contributed by atoms with Crippen LogP contribution < -0.4 is 15.8 Å². The van der Waals surface area contributed by atoms with Gasteiger partial charge in [-0.1, -0.05) is 36.4 Å². The molecule has 0 aliphatic heterocycles. The predicted octanol–water partition coefficient (Wildman–Crippen LogP) is 1.28. The third-order valence-electron chi connectivity index (χ3n) is 5.03. The lowest BCUT2D eigenvalue weighted by molar-refractivity contribution is -0.120. The molecule has 0 saturated heterocycles. The Bertz CT molecular complexity index is 789. The monoisotopic (exact) mass is 387 g/mol. The summed E-state index contributed by atoms with van der Waals surface area (Å²) in [5.74, 6) is -0.350. The van der Waals surface area contributed by atoms with E-state index in [1.165, 1.54) is 12.1 Å². The summed E-state index contributed by atoms with van der Waals surface area (Å²) in [5, 5.41) is 13.8. The van der Waals surface area contributed by atoms with Gasteiger partial charge in [-0.3, -0.25) is 9.69 Å². The first-order chi connectivity index (χ1) is 13.5. The second kappa shape index (κ2) is 9.14. The van der Waals surface area contributed by atoms with Crippen molar-refractivity contribution in [1.29, 1.82) is 0 Å². The standard InChI is InChI=1S/C21H26FN3O3/c1-25(13-14-6-3-2-4-7-14)20-17(24-19(26)12-23)11-18(21(20)27)28-16-9-5-8-15(22)10-16/h2-10,17-18,20-21,27H,11-13,23H2,1H3,(H,24,26)/t17-,18-,20+,21+/m1/s1. The second-order valence-corrected chi connectivity index (χ2v) is 7.11. The van der Waals surface area contributed by atoms with Crippen LogP contribution in [0.3, 0.4) is 0 Å². The molecule has 2 aromatic carbocycles. The number of nitrogens with two attached hydrogens (primary N) is 1. The number of amides is 1. The molecule has 28 heavy (non-hydrogen) atoms. The first-order valence-corrected chi connectivity index (χ1v) is 9.32. The molecule has 0 heterocycles. The molecule has 6 nitrogen and oxygen atoms in total. The summed E-state index contributed by atoms with van der Waals surface area (Å²) >= 11 is 0. The summed E-state index contributed by atoms with van der Waals surface area (Å²) in [4.78, 5) is 13.9. The van der Waals surface area contributed by atoms with Gasteiger partial charge < -0.3 is 20.9 Å². The molecule has 0 unspecified atom stereocenters. The highest BCUT2D eigenvalue weighted by Gasteiger charge is 2.46. The van der Waals surface area contributed by atoms with Crippen molar-refractivity contribution in [3.63, 3.8) is 0 Å². The summed E-state index contributed by atoms with van der Waals surface area (Å²) in [6, 6.07) is 15.0. The number of carbonyl (C=O) groups excluding carboxylic acids is 1. The highest BCUT2D eigenvalue weighted by Crippen LogP contribution is 2.30. The van der Waals surface area contributed by atoms with Gasteiger partial charge in [-0.25, -0.2) is 4.39 Å². The number of rotatable bonds is 7. The number of aliphatic hydroxyl groups excluding tert-OH is 1. The molecule has 0 bridgehead atoms. The number of nitrogens with zero attached hydrogens (tertiary/aromatic N) is 1. The number of ether oxygens (including phenoxy) is 1.